The summed E-state index contributed by atoms with van der Waals surface area (Å²) in [5.74, 6) is 0.801. The summed E-state index contributed by atoms with van der Waals surface area (Å²) in [6, 6.07) is 7.46. The second kappa shape index (κ2) is 11.3. The summed E-state index contributed by atoms with van der Waals surface area (Å²) in [4.78, 5) is 21.2. The van der Waals surface area contributed by atoms with Crippen molar-refractivity contribution in [2.45, 2.75) is 39.5 Å². The lowest BCUT2D eigenvalue weighted by Gasteiger charge is -2.23. The summed E-state index contributed by atoms with van der Waals surface area (Å²) in [6.45, 7) is 4.83. The molecule has 5 nitrogen and oxygen atoms in total. The lowest BCUT2D eigenvalue weighted by Crippen LogP contribution is -2.35. The van der Waals surface area contributed by atoms with Crippen molar-refractivity contribution in [3.63, 3.8) is 0 Å². The van der Waals surface area contributed by atoms with Crippen molar-refractivity contribution in [1.29, 1.82) is 0 Å². The molecule has 1 heterocycles. The number of aromatic nitrogens is 2. The van der Waals surface area contributed by atoms with Crippen molar-refractivity contribution >= 4 is 34.7 Å². The van der Waals surface area contributed by atoms with E-state index in [2.05, 4.69) is 10.3 Å². The Morgan fingerprint density at radius 1 is 1.23 bits per heavy atom. The Hall–Kier alpha value is -2.37. The number of carbonyl (C=O) groups is 1. The molecule has 1 N–H and O–H groups in total. The predicted octanol–water partition coefficient (Wildman–Crippen LogP) is 6.03. The lowest BCUT2D eigenvalue weighted by molar-refractivity contribution is -0.127. The molecule has 0 unspecified atom stereocenters. The molecule has 0 bridgehead atoms. The van der Waals surface area contributed by atoms with Gasteiger partial charge in [-0.05, 0) is 56.9 Å². The molecule has 1 aromatic carbocycles. The molecule has 0 saturated heterocycles. The van der Waals surface area contributed by atoms with E-state index in [0.717, 1.165) is 36.1 Å². The smallest absolute Gasteiger partial charge is 0.232 e. The molecule has 1 amide bonds. The highest BCUT2D eigenvalue weighted by Gasteiger charge is 2.24. The molecule has 3 rings (SSSR count). The fourth-order valence-electron chi connectivity index (χ4n) is 3.13. The number of nitrogens with one attached hydrogen (secondary N) is 1. The van der Waals surface area contributed by atoms with E-state index in [0.29, 0.717) is 41.2 Å². The average Bonchev–Trinajstić information content (AvgIpc) is 2.71. The third-order valence-corrected chi connectivity index (χ3v) is 5.53. The van der Waals surface area contributed by atoms with Crippen molar-refractivity contribution in [3.05, 3.63) is 58.4 Å². The minimum atomic E-state index is 0.156. The first kappa shape index (κ1) is 23.3. The number of halogens is 2. The van der Waals surface area contributed by atoms with Crippen LogP contribution in [0.2, 0.25) is 5.02 Å². The van der Waals surface area contributed by atoms with Crippen LogP contribution in [-0.4, -0.2) is 29.0 Å². The number of hydrogen-bond donors (Lipinski definition) is 1. The molecule has 2 aromatic rings. The molecule has 0 aliphatic heterocycles. The van der Waals surface area contributed by atoms with Crippen molar-refractivity contribution < 1.29 is 9.53 Å². The monoisotopic (exact) mass is 459 g/mol. The predicted molar refractivity (Wildman–Crippen MR) is 126 cm³/mol. The number of amides is 1. The fourth-order valence-corrected chi connectivity index (χ4v) is 3.32. The van der Waals surface area contributed by atoms with Crippen LogP contribution in [0.25, 0.3) is 16.8 Å². The summed E-state index contributed by atoms with van der Waals surface area (Å²) in [5, 5.41) is 4.31. The van der Waals surface area contributed by atoms with Gasteiger partial charge in [0, 0.05) is 28.1 Å². The van der Waals surface area contributed by atoms with Crippen LogP contribution in [-0.2, 0) is 4.79 Å². The maximum absolute atomic E-state index is 11.9. The molecule has 7 heteroatoms. The van der Waals surface area contributed by atoms with Gasteiger partial charge in [0.1, 0.15) is 5.69 Å². The molecule has 1 aromatic heterocycles. The highest BCUT2D eigenvalue weighted by molar-refractivity contribution is 6.30. The Kier molecular flexibility index (Phi) is 8.50. The van der Waals surface area contributed by atoms with E-state index in [1.165, 1.54) is 0 Å². The molecular weight excluding hydrogens is 433 g/mol. The maximum Gasteiger partial charge on any atom is 0.232 e. The minimum absolute atomic E-state index is 0.156. The van der Waals surface area contributed by atoms with Crippen LogP contribution in [0.15, 0.2) is 47.6 Å². The van der Waals surface area contributed by atoms with Crippen LogP contribution >= 0.6 is 23.2 Å². The second-order valence-electron chi connectivity index (χ2n) is 7.64. The van der Waals surface area contributed by atoms with E-state index in [9.17, 15) is 4.79 Å². The summed E-state index contributed by atoms with van der Waals surface area (Å²) < 4.78 is 5.80. The first-order valence-electron chi connectivity index (χ1n) is 10.5. The van der Waals surface area contributed by atoms with Crippen LogP contribution in [0.5, 0.6) is 5.88 Å². The van der Waals surface area contributed by atoms with Gasteiger partial charge in [-0.15, -0.1) is 0 Å². The van der Waals surface area contributed by atoms with Gasteiger partial charge in [0.05, 0.1) is 18.5 Å². The lowest BCUT2D eigenvalue weighted by atomic mass is 9.85. The van der Waals surface area contributed by atoms with Crippen LogP contribution < -0.4 is 10.1 Å². The second-order valence-corrected chi connectivity index (χ2v) is 8.67. The quantitative estimate of drug-likeness (QED) is 0.367. The molecule has 1 aliphatic rings. The standard InChI is InChI=1S/C24H27Cl2N3O2/c1-16(7-8-17(2)25)22-23(18-9-11-20(26)12-10-18)29-21(15-28-22)31-14-4-13-27-24(30)19-5-3-6-19/h7-12,15,19H,3-6,13-14H2,1-2H3,(H,27,30)/b16-7+,17-8+. The van der Waals surface area contributed by atoms with Gasteiger partial charge in [0.2, 0.25) is 11.8 Å². The van der Waals surface area contributed by atoms with Crippen LogP contribution in [0.1, 0.15) is 45.2 Å². The SMILES string of the molecule is C/C(Cl)=C\C=C(/C)c1ncc(OCCCNC(=O)C2CCC2)nc1-c1ccc(Cl)cc1. The van der Waals surface area contributed by atoms with Gasteiger partial charge in [0.25, 0.3) is 0 Å². The molecule has 1 saturated carbocycles. The normalized spacial score (nSPS) is 14.8. The average molecular weight is 460 g/mol. The number of rotatable bonds is 9. The summed E-state index contributed by atoms with van der Waals surface area (Å²) in [6.07, 6.45) is 9.23. The van der Waals surface area contributed by atoms with Gasteiger partial charge in [-0.3, -0.25) is 4.79 Å². The number of benzene rings is 1. The summed E-state index contributed by atoms with van der Waals surface area (Å²) in [7, 11) is 0. The summed E-state index contributed by atoms with van der Waals surface area (Å²) in [5.41, 5.74) is 3.28. The van der Waals surface area contributed by atoms with Gasteiger partial charge < -0.3 is 10.1 Å². The first-order valence-corrected chi connectivity index (χ1v) is 11.2. The van der Waals surface area contributed by atoms with Crippen molar-refractivity contribution in [3.8, 4) is 17.1 Å². The fraction of sp³-hybridized carbons (Fsp3) is 0.375. The Bertz CT molecular complexity index is 963. The van der Waals surface area contributed by atoms with Gasteiger partial charge in [-0.25, -0.2) is 9.97 Å². The van der Waals surface area contributed by atoms with E-state index in [1.807, 2.05) is 50.3 Å². The molecule has 0 atom stereocenters. The zero-order chi connectivity index (χ0) is 22.2. The van der Waals surface area contributed by atoms with Crippen molar-refractivity contribution in [2.24, 2.45) is 5.92 Å². The highest BCUT2D eigenvalue weighted by Crippen LogP contribution is 2.29. The summed E-state index contributed by atoms with van der Waals surface area (Å²) >= 11 is 12.0. The third kappa shape index (κ3) is 6.81. The third-order valence-electron chi connectivity index (χ3n) is 5.15. The van der Waals surface area contributed by atoms with Crippen molar-refractivity contribution in [1.82, 2.24) is 15.3 Å². The highest BCUT2D eigenvalue weighted by atomic mass is 35.5. The Morgan fingerprint density at radius 3 is 2.61 bits per heavy atom. The molecule has 1 aliphatic carbocycles. The van der Waals surface area contributed by atoms with Crippen molar-refractivity contribution in [2.75, 3.05) is 13.2 Å². The number of nitrogens with zero attached hydrogens (tertiary/aromatic N) is 2. The maximum atomic E-state index is 11.9. The molecule has 0 radical (unpaired) electrons. The number of hydrogen-bond acceptors (Lipinski definition) is 4. The van der Waals surface area contributed by atoms with Crippen LogP contribution in [0.4, 0.5) is 0 Å². The van der Waals surface area contributed by atoms with E-state index < -0.39 is 0 Å². The van der Waals surface area contributed by atoms with E-state index in [-0.39, 0.29) is 11.8 Å². The van der Waals surface area contributed by atoms with E-state index in [1.54, 1.807) is 6.20 Å². The van der Waals surface area contributed by atoms with E-state index in [4.69, 9.17) is 32.9 Å². The van der Waals surface area contributed by atoms with Crippen LogP contribution in [0.3, 0.4) is 0 Å². The number of allylic oxidation sites excluding steroid dienone is 4. The van der Waals surface area contributed by atoms with Gasteiger partial charge in [-0.2, -0.15) is 0 Å². The van der Waals surface area contributed by atoms with Crippen LogP contribution in [0, 0.1) is 5.92 Å². The number of ether oxygens (including phenoxy) is 1. The van der Waals surface area contributed by atoms with Gasteiger partial charge in [0.15, 0.2) is 0 Å². The van der Waals surface area contributed by atoms with E-state index >= 15 is 0 Å². The molecule has 1 fully saturated rings. The minimum Gasteiger partial charge on any atom is -0.476 e. The largest absolute Gasteiger partial charge is 0.476 e. The zero-order valence-corrected chi connectivity index (χ0v) is 19.3. The Labute approximate surface area is 193 Å². The zero-order valence-electron chi connectivity index (χ0n) is 17.8. The van der Waals surface area contributed by atoms with Gasteiger partial charge in [-0.1, -0.05) is 47.8 Å². The topological polar surface area (TPSA) is 64.1 Å². The Balaban J connectivity index is 1.69. The molecule has 31 heavy (non-hydrogen) atoms. The molecule has 164 valence electrons. The molecule has 0 spiro atoms. The molecular formula is C24H27Cl2N3O2. The number of carbonyl (C=O) groups excluding carboxylic acids is 1. The van der Waals surface area contributed by atoms with Gasteiger partial charge >= 0.3 is 0 Å². The Morgan fingerprint density at radius 2 is 1.97 bits per heavy atom. The first-order chi connectivity index (χ1) is 14.9.